The average molecular weight is 385 g/mol. The van der Waals surface area contributed by atoms with E-state index in [1.54, 1.807) is 0 Å². The van der Waals surface area contributed by atoms with Crippen molar-refractivity contribution in [1.82, 2.24) is 15.1 Å². The maximum Gasteiger partial charge on any atom is 0.416 e. The average Bonchev–Trinajstić information content (AvgIpc) is 3.09. The summed E-state index contributed by atoms with van der Waals surface area (Å²) in [6.45, 7) is 4.12. The first kappa shape index (κ1) is 20.1. The van der Waals surface area contributed by atoms with Gasteiger partial charge in [-0.2, -0.15) is 13.2 Å². The van der Waals surface area contributed by atoms with Crippen LogP contribution in [0.1, 0.15) is 24.0 Å². The van der Waals surface area contributed by atoms with Crippen molar-refractivity contribution < 1.29 is 23.1 Å². The van der Waals surface area contributed by atoms with E-state index in [4.69, 9.17) is 0 Å². The number of β-amino-alcohol motifs (C(OH)–C–C–N with tert-alkyl or cyclic N) is 1. The monoisotopic (exact) mass is 385 g/mol. The van der Waals surface area contributed by atoms with Gasteiger partial charge in [0, 0.05) is 32.7 Å². The molecule has 1 aromatic rings. The zero-order chi connectivity index (χ0) is 19.4. The van der Waals surface area contributed by atoms with Crippen LogP contribution in [-0.2, 0) is 17.4 Å². The number of amides is 1. The number of benzene rings is 1. The SMILES string of the molecule is O=C([C@@H]1CCCN1CC(O)Cc1ccc(C(F)(F)F)cc1)N1CCNCC1. The normalized spacial score (nSPS) is 22.8. The summed E-state index contributed by atoms with van der Waals surface area (Å²) in [5, 5.41) is 13.6. The second-order valence-corrected chi connectivity index (χ2v) is 7.28. The Morgan fingerprint density at radius 2 is 1.85 bits per heavy atom. The van der Waals surface area contributed by atoms with Gasteiger partial charge in [0.2, 0.25) is 5.91 Å². The number of aliphatic hydroxyl groups is 1. The van der Waals surface area contributed by atoms with Gasteiger partial charge in [-0.25, -0.2) is 0 Å². The van der Waals surface area contributed by atoms with Crippen molar-refractivity contribution in [2.75, 3.05) is 39.3 Å². The van der Waals surface area contributed by atoms with Crippen LogP contribution in [0.25, 0.3) is 0 Å². The zero-order valence-electron chi connectivity index (χ0n) is 15.2. The molecule has 1 unspecified atom stereocenters. The summed E-state index contributed by atoms with van der Waals surface area (Å²) in [6.07, 6.45) is -3.11. The quantitative estimate of drug-likeness (QED) is 0.807. The number of aliphatic hydroxyl groups excluding tert-OH is 1. The maximum atomic E-state index is 12.8. The van der Waals surface area contributed by atoms with Crippen LogP contribution in [0.5, 0.6) is 0 Å². The fourth-order valence-corrected chi connectivity index (χ4v) is 3.86. The van der Waals surface area contributed by atoms with E-state index in [9.17, 15) is 23.1 Å². The minimum absolute atomic E-state index is 0.121. The molecule has 0 bridgehead atoms. The number of nitrogens with zero attached hydrogens (tertiary/aromatic N) is 2. The molecule has 2 atom stereocenters. The standard InChI is InChI=1S/C19H26F3N3O2/c20-19(21,22)15-5-3-14(4-6-15)12-16(26)13-25-9-1-2-17(25)18(27)24-10-7-23-8-11-24/h3-6,16-17,23,26H,1-2,7-13H2/t16?,17-/m0/s1. The van der Waals surface area contributed by atoms with Gasteiger partial charge in [0.1, 0.15) is 0 Å². The van der Waals surface area contributed by atoms with Gasteiger partial charge in [-0.15, -0.1) is 0 Å². The fourth-order valence-electron chi connectivity index (χ4n) is 3.86. The summed E-state index contributed by atoms with van der Waals surface area (Å²) in [5.74, 6) is 0.121. The summed E-state index contributed by atoms with van der Waals surface area (Å²) in [4.78, 5) is 16.6. The van der Waals surface area contributed by atoms with E-state index < -0.39 is 17.8 Å². The number of halogens is 3. The molecule has 0 aliphatic carbocycles. The number of piperazine rings is 1. The summed E-state index contributed by atoms with van der Waals surface area (Å²) >= 11 is 0. The molecule has 1 amide bonds. The van der Waals surface area contributed by atoms with Gasteiger partial charge in [0.15, 0.2) is 0 Å². The first-order chi connectivity index (χ1) is 12.8. The molecular weight excluding hydrogens is 359 g/mol. The van der Waals surface area contributed by atoms with E-state index in [0.29, 0.717) is 25.2 Å². The molecule has 0 saturated carbocycles. The molecule has 0 radical (unpaired) electrons. The highest BCUT2D eigenvalue weighted by atomic mass is 19.4. The number of rotatable bonds is 5. The lowest BCUT2D eigenvalue weighted by Gasteiger charge is -2.33. The maximum absolute atomic E-state index is 12.8. The molecule has 0 spiro atoms. The van der Waals surface area contributed by atoms with Crippen molar-refractivity contribution in [2.24, 2.45) is 0 Å². The minimum atomic E-state index is -4.36. The van der Waals surface area contributed by atoms with Crippen molar-refractivity contribution in [3.8, 4) is 0 Å². The first-order valence-corrected chi connectivity index (χ1v) is 9.42. The lowest BCUT2D eigenvalue weighted by atomic mass is 10.0. The molecule has 2 heterocycles. The lowest BCUT2D eigenvalue weighted by molar-refractivity contribution is -0.138. The Hall–Kier alpha value is -1.64. The Morgan fingerprint density at radius 3 is 2.48 bits per heavy atom. The Kier molecular flexibility index (Phi) is 6.39. The number of hydrogen-bond donors (Lipinski definition) is 2. The smallest absolute Gasteiger partial charge is 0.391 e. The lowest BCUT2D eigenvalue weighted by Crippen LogP contribution is -2.53. The van der Waals surface area contributed by atoms with E-state index >= 15 is 0 Å². The third kappa shape index (κ3) is 5.21. The van der Waals surface area contributed by atoms with E-state index in [0.717, 1.165) is 44.6 Å². The molecule has 3 rings (SSSR count). The molecule has 0 aromatic heterocycles. The Labute approximate surface area is 157 Å². The van der Waals surface area contributed by atoms with Gasteiger partial charge < -0.3 is 15.3 Å². The van der Waals surface area contributed by atoms with Crippen LogP contribution in [0, 0.1) is 0 Å². The van der Waals surface area contributed by atoms with Crippen molar-refractivity contribution in [2.45, 2.75) is 37.6 Å². The summed E-state index contributed by atoms with van der Waals surface area (Å²) in [6, 6.07) is 4.67. The molecule has 1 aromatic carbocycles. The number of hydrogen-bond acceptors (Lipinski definition) is 4. The van der Waals surface area contributed by atoms with Gasteiger partial charge in [-0.05, 0) is 43.5 Å². The molecule has 2 saturated heterocycles. The van der Waals surface area contributed by atoms with Gasteiger partial charge in [-0.3, -0.25) is 9.69 Å². The number of nitrogens with one attached hydrogen (secondary N) is 1. The summed E-state index contributed by atoms with van der Waals surface area (Å²) < 4.78 is 37.9. The molecule has 27 heavy (non-hydrogen) atoms. The van der Waals surface area contributed by atoms with Crippen LogP contribution in [-0.4, -0.2) is 72.2 Å². The second-order valence-electron chi connectivity index (χ2n) is 7.28. The van der Waals surface area contributed by atoms with E-state index in [1.165, 1.54) is 12.1 Å². The third-order valence-electron chi connectivity index (χ3n) is 5.28. The number of carbonyl (C=O) groups excluding carboxylic acids is 1. The predicted octanol–water partition coefficient (Wildman–Crippen LogP) is 1.51. The predicted molar refractivity (Wildman–Crippen MR) is 95.2 cm³/mol. The van der Waals surface area contributed by atoms with Crippen LogP contribution < -0.4 is 5.32 Å². The minimum Gasteiger partial charge on any atom is -0.391 e. The molecular formula is C19H26F3N3O2. The molecule has 2 aliphatic heterocycles. The highest BCUT2D eigenvalue weighted by molar-refractivity contribution is 5.82. The molecule has 150 valence electrons. The highest BCUT2D eigenvalue weighted by Gasteiger charge is 2.35. The van der Waals surface area contributed by atoms with E-state index in [2.05, 4.69) is 5.32 Å². The van der Waals surface area contributed by atoms with Crippen LogP contribution in [0.15, 0.2) is 24.3 Å². The van der Waals surface area contributed by atoms with Gasteiger partial charge >= 0.3 is 6.18 Å². The topological polar surface area (TPSA) is 55.8 Å². The number of alkyl halides is 3. The first-order valence-electron chi connectivity index (χ1n) is 9.42. The van der Waals surface area contributed by atoms with Crippen molar-refractivity contribution >= 4 is 5.91 Å². The highest BCUT2D eigenvalue weighted by Crippen LogP contribution is 2.29. The number of carbonyl (C=O) groups is 1. The van der Waals surface area contributed by atoms with Crippen LogP contribution in [0.2, 0.25) is 0 Å². The summed E-state index contributed by atoms with van der Waals surface area (Å²) in [5.41, 5.74) is -0.0401. The van der Waals surface area contributed by atoms with Crippen LogP contribution in [0.4, 0.5) is 13.2 Å². The van der Waals surface area contributed by atoms with Crippen LogP contribution >= 0.6 is 0 Å². The molecule has 2 N–H and O–H groups in total. The fraction of sp³-hybridized carbons (Fsp3) is 0.632. The molecule has 2 aliphatic rings. The van der Waals surface area contributed by atoms with Crippen molar-refractivity contribution in [3.63, 3.8) is 0 Å². The van der Waals surface area contributed by atoms with Gasteiger partial charge in [0.05, 0.1) is 17.7 Å². The van der Waals surface area contributed by atoms with E-state index in [-0.39, 0.29) is 18.4 Å². The molecule has 2 fully saturated rings. The van der Waals surface area contributed by atoms with Crippen LogP contribution in [0.3, 0.4) is 0 Å². The molecule has 8 heteroatoms. The van der Waals surface area contributed by atoms with E-state index in [1.807, 2.05) is 9.80 Å². The van der Waals surface area contributed by atoms with Gasteiger partial charge in [-0.1, -0.05) is 12.1 Å². The Balaban J connectivity index is 1.54. The zero-order valence-corrected chi connectivity index (χ0v) is 15.2. The second kappa shape index (κ2) is 8.58. The number of likely N-dealkylation sites (tertiary alicyclic amines) is 1. The van der Waals surface area contributed by atoms with Gasteiger partial charge in [0.25, 0.3) is 0 Å². The third-order valence-corrected chi connectivity index (χ3v) is 5.28. The Bertz CT molecular complexity index is 630. The van der Waals surface area contributed by atoms with Crippen molar-refractivity contribution in [1.29, 1.82) is 0 Å². The largest absolute Gasteiger partial charge is 0.416 e. The van der Waals surface area contributed by atoms with Crippen molar-refractivity contribution in [3.05, 3.63) is 35.4 Å². The molecule has 5 nitrogen and oxygen atoms in total. The Morgan fingerprint density at radius 1 is 1.19 bits per heavy atom. The summed E-state index contributed by atoms with van der Waals surface area (Å²) in [7, 11) is 0.